The molecule has 2 rings (SSSR count). The molecule has 0 saturated heterocycles. The van der Waals surface area contributed by atoms with Gasteiger partial charge in [0, 0.05) is 6.07 Å². The van der Waals surface area contributed by atoms with Gasteiger partial charge in [-0.15, -0.1) is 0 Å². The summed E-state index contributed by atoms with van der Waals surface area (Å²) in [6.07, 6.45) is 0.963. The summed E-state index contributed by atoms with van der Waals surface area (Å²) in [5.41, 5.74) is 2.87. The van der Waals surface area contributed by atoms with Gasteiger partial charge in [-0.1, -0.05) is 19.9 Å². The van der Waals surface area contributed by atoms with Crippen molar-refractivity contribution in [2.75, 3.05) is 24.2 Å². The highest BCUT2D eigenvalue weighted by Crippen LogP contribution is 2.32. The number of hydrogen-bond acceptors (Lipinski definition) is 6. The third-order valence-electron chi connectivity index (χ3n) is 5.51. The predicted molar refractivity (Wildman–Crippen MR) is 128 cm³/mol. The first-order valence-electron chi connectivity index (χ1n) is 10.5. The van der Waals surface area contributed by atoms with Crippen LogP contribution in [-0.2, 0) is 14.8 Å². The summed E-state index contributed by atoms with van der Waals surface area (Å²) < 4.78 is 31.3. The van der Waals surface area contributed by atoms with E-state index in [9.17, 15) is 23.3 Å². The fourth-order valence-corrected chi connectivity index (χ4v) is 4.67. The van der Waals surface area contributed by atoms with Gasteiger partial charge in [-0.25, -0.2) is 8.42 Å². The number of carbonyl (C=O) groups excluding carboxylic acids is 1. The van der Waals surface area contributed by atoms with Crippen molar-refractivity contribution in [3.05, 3.63) is 62.7 Å². The number of amides is 1. The number of nitro groups is 1. The number of nitro benzene ring substituents is 1. The van der Waals surface area contributed by atoms with Crippen LogP contribution in [0.1, 0.15) is 55.0 Å². The lowest BCUT2D eigenvalue weighted by Gasteiger charge is -2.25. The molecule has 10 heteroatoms. The van der Waals surface area contributed by atoms with Crippen LogP contribution in [0.4, 0.5) is 11.4 Å². The molecule has 0 unspecified atom stereocenters. The molecule has 33 heavy (non-hydrogen) atoms. The zero-order chi connectivity index (χ0) is 25.1. The summed E-state index contributed by atoms with van der Waals surface area (Å²) in [4.78, 5) is 23.6. The van der Waals surface area contributed by atoms with Crippen LogP contribution in [0.15, 0.2) is 30.3 Å². The van der Waals surface area contributed by atoms with Gasteiger partial charge in [0.15, 0.2) is 0 Å². The molecular formula is C23H31N3O6S. The molecule has 0 heterocycles. The normalized spacial score (nSPS) is 12.4. The smallest absolute Gasteiger partial charge is 0.274 e. The Morgan fingerprint density at radius 3 is 2.33 bits per heavy atom. The Bertz CT molecular complexity index is 1160. The second-order valence-electron chi connectivity index (χ2n) is 8.34. The zero-order valence-corrected chi connectivity index (χ0v) is 20.8. The first-order chi connectivity index (χ1) is 15.3. The number of methoxy groups -OCH3 is 1. The van der Waals surface area contributed by atoms with Crippen molar-refractivity contribution in [3.63, 3.8) is 0 Å². The van der Waals surface area contributed by atoms with E-state index < -0.39 is 33.4 Å². The molecule has 0 aromatic heterocycles. The Kier molecular flexibility index (Phi) is 8.07. The van der Waals surface area contributed by atoms with Gasteiger partial charge in [-0.2, -0.15) is 0 Å². The average molecular weight is 478 g/mol. The Morgan fingerprint density at radius 2 is 1.82 bits per heavy atom. The average Bonchev–Trinajstić information content (AvgIpc) is 2.70. The van der Waals surface area contributed by atoms with E-state index >= 15 is 0 Å². The molecule has 0 aliphatic carbocycles. The largest absolute Gasteiger partial charge is 0.496 e. The Balaban J connectivity index is 2.34. The molecule has 0 saturated carbocycles. The first-order valence-corrected chi connectivity index (χ1v) is 12.3. The van der Waals surface area contributed by atoms with E-state index in [0.29, 0.717) is 0 Å². The second-order valence-corrected chi connectivity index (χ2v) is 10.2. The van der Waals surface area contributed by atoms with Crippen molar-refractivity contribution < 1.29 is 22.9 Å². The minimum atomic E-state index is -3.88. The molecular weight excluding hydrogens is 446 g/mol. The fraction of sp³-hybridized carbons (Fsp3) is 0.435. The van der Waals surface area contributed by atoms with E-state index in [1.54, 1.807) is 7.11 Å². The van der Waals surface area contributed by atoms with Gasteiger partial charge in [-0.05, 0) is 61.6 Å². The van der Waals surface area contributed by atoms with Crippen LogP contribution >= 0.6 is 0 Å². The monoisotopic (exact) mass is 477 g/mol. The minimum Gasteiger partial charge on any atom is -0.496 e. The van der Waals surface area contributed by atoms with Crippen molar-refractivity contribution in [1.82, 2.24) is 5.32 Å². The number of benzene rings is 2. The van der Waals surface area contributed by atoms with Gasteiger partial charge < -0.3 is 10.1 Å². The summed E-state index contributed by atoms with van der Waals surface area (Å²) in [5.74, 6) is 0.453. The summed E-state index contributed by atoms with van der Waals surface area (Å²) >= 11 is 0. The summed E-state index contributed by atoms with van der Waals surface area (Å²) in [6.45, 7) is 8.79. The summed E-state index contributed by atoms with van der Waals surface area (Å²) in [5, 5.41) is 14.1. The molecule has 0 aliphatic heterocycles. The van der Waals surface area contributed by atoms with Gasteiger partial charge in [0.2, 0.25) is 15.9 Å². The SMILES string of the molecule is COc1cc(C)c([C@H](C)NC(=O)CN(c2cccc([N+](=O)[O-])c2C)S(C)(=O)=O)cc1C(C)C. The molecule has 0 aliphatic rings. The Labute approximate surface area is 195 Å². The van der Waals surface area contributed by atoms with Crippen LogP contribution in [0, 0.1) is 24.0 Å². The van der Waals surface area contributed by atoms with Crippen LogP contribution in [-0.4, -0.2) is 39.2 Å². The number of hydrogen-bond donors (Lipinski definition) is 1. The van der Waals surface area contributed by atoms with Gasteiger partial charge >= 0.3 is 0 Å². The van der Waals surface area contributed by atoms with Gasteiger partial charge in [0.25, 0.3) is 5.69 Å². The number of anilines is 1. The molecule has 180 valence electrons. The number of rotatable bonds is 9. The van der Waals surface area contributed by atoms with E-state index in [4.69, 9.17) is 4.74 Å². The quantitative estimate of drug-likeness (QED) is 0.431. The number of ether oxygens (including phenoxy) is 1. The standard InChI is InChI=1S/C23H31N3O6S/c1-14(2)18-12-19(15(3)11-22(18)32-6)17(5)24-23(27)13-25(33(7,30)31)20-9-8-10-21(16(20)4)26(28)29/h8-12,14,17H,13H2,1-7H3,(H,24,27)/t17-/m0/s1. The number of nitrogens with zero attached hydrogens (tertiary/aromatic N) is 2. The number of carbonyl (C=O) groups is 1. The molecule has 0 bridgehead atoms. The summed E-state index contributed by atoms with van der Waals surface area (Å²) in [6, 6.07) is 7.65. The van der Waals surface area contributed by atoms with E-state index in [0.717, 1.165) is 33.0 Å². The third-order valence-corrected chi connectivity index (χ3v) is 6.64. The molecule has 0 spiro atoms. The molecule has 0 radical (unpaired) electrons. The maximum absolute atomic E-state index is 12.9. The fourth-order valence-electron chi connectivity index (χ4n) is 3.77. The van der Waals surface area contributed by atoms with E-state index in [1.165, 1.54) is 25.1 Å². The molecule has 2 aromatic carbocycles. The predicted octanol–water partition coefficient (Wildman–Crippen LogP) is 3.99. The minimum absolute atomic E-state index is 0.0947. The van der Waals surface area contributed by atoms with Crippen LogP contribution in [0.3, 0.4) is 0 Å². The second kappa shape index (κ2) is 10.2. The highest BCUT2D eigenvalue weighted by Gasteiger charge is 2.26. The lowest BCUT2D eigenvalue weighted by atomic mass is 9.93. The Hall–Kier alpha value is -3.14. The number of nitrogens with one attached hydrogen (secondary N) is 1. The van der Waals surface area contributed by atoms with Crippen LogP contribution in [0.25, 0.3) is 0 Å². The molecule has 0 fully saturated rings. The van der Waals surface area contributed by atoms with Crippen LogP contribution in [0.2, 0.25) is 0 Å². The zero-order valence-electron chi connectivity index (χ0n) is 20.0. The van der Waals surface area contributed by atoms with Crippen molar-refractivity contribution in [1.29, 1.82) is 0 Å². The lowest BCUT2D eigenvalue weighted by molar-refractivity contribution is -0.385. The number of aryl methyl sites for hydroxylation is 1. The molecule has 1 N–H and O–H groups in total. The third kappa shape index (κ3) is 6.01. The van der Waals surface area contributed by atoms with E-state index in [2.05, 4.69) is 5.32 Å². The Morgan fingerprint density at radius 1 is 1.18 bits per heavy atom. The highest BCUT2D eigenvalue weighted by atomic mass is 32.2. The van der Waals surface area contributed by atoms with Gasteiger partial charge in [0.05, 0.1) is 35.6 Å². The van der Waals surface area contributed by atoms with Crippen LogP contribution in [0.5, 0.6) is 5.75 Å². The number of sulfonamides is 1. The maximum atomic E-state index is 12.9. The molecule has 1 amide bonds. The lowest BCUT2D eigenvalue weighted by Crippen LogP contribution is -2.41. The van der Waals surface area contributed by atoms with Gasteiger partial charge in [-0.3, -0.25) is 19.2 Å². The molecule has 9 nitrogen and oxygen atoms in total. The van der Waals surface area contributed by atoms with E-state index in [1.807, 2.05) is 39.8 Å². The van der Waals surface area contributed by atoms with Crippen molar-refractivity contribution in [2.45, 2.75) is 46.6 Å². The van der Waals surface area contributed by atoms with Crippen LogP contribution < -0.4 is 14.4 Å². The first kappa shape index (κ1) is 26.1. The van der Waals surface area contributed by atoms with E-state index in [-0.39, 0.29) is 22.9 Å². The molecule has 2 aromatic rings. The highest BCUT2D eigenvalue weighted by molar-refractivity contribution is 7.92. The maximum Gasteiger partial charge on any atom is 0.274 e. The summed E-state index contributed by atoms with van der Waals surface area (Å²) in [7, 11) is -2.27. The van der Waals surface area contributed by atoms with Crippen molar-refractivity contribution in [2.24, 2.45) is 0 Å². The van der Waals surface area contributed by atoms with Gasteiger partial charge in [0.1, 0.15) is 12.3 Å². The molecule has 1 atom stereocenters. The van der Waals surface area contributed by atoms with Crippen molar-refractivity contribution in [3.8, 4) is 5.75 Å². The van der Waals surface area contributed by atoms with Crippen molar-refractivity contribution >= 4 is 27.3 Å². The topological polar surface area (TPSA) is 119 Å².